The molecule has 0 spiro atoms. The molecule has 2 aromatic rings. The Morgan fingerprint density at radius 1 is 1.20 bits per heavy atom. The summed E-state index contributed by atoms with van der Waals surface area (Å²) in [6.07, 6.45) is 3.53. The Balaban J connectivity index is 1.84. The van der Waals surface area contributed by atoms with Crippen LogP contribution in [-0.4, -0.2) is 26.1 Å². The van der Waals surface area contributed by atoms with Crippen LogP contribution in [0.4, 0.5) is 17.1 Å². The highest BCUT2D eigenvalue weighted by Crippen LogP contribution is 2.35. The first kappa shape index (κ1) is 17.4. The Bertz CT molecular complexity index is 773. The molecule has 25 heavy (non-hydrogen) atoms. The summed E-state index contributed by atoms with van der Waals surface area (Å²) < 4.78 is 5.16. The molecule has 0 atom stereocenters. The van der Waals surface area contributed by atoms with Gasteiger partial charge in [-0.2, -0.15) is 0 Å². The molecule has 0 aliphatic carbocycles. The van der Waals surface area contributed by atoms with Crippen molar-refractivity contribution in [1.29, 1.82) is 0 Å². The highest BCUT2D eigenvalue weighted by Gasteiger charge is 2.17. The molecule has 0 unspecified atom stereocenters. The van der Waals surface area contributed by atoms with E-state index in [2.05, 4.69) is 10.2 Å². The lowest BCUT2D eigenvalue weighted by atomic mass is 10.1. The van der Waals surface area contributed by atoms with Crippen LogP contribution in [0, 0.1) is 0 Å². The number of rotatable bonds is 4. The average Bonchev–Trinajstić information content (AvgIpc) is 2.64. The summed E-state index contributed by atoms with van der Waals surface area (Å²) in [6.45, 7) is 1.93. The lowest BCUT2D eigenvalue weighted by molar-refractivity contribution is 0.102. The van der Waals surface area contributed by atoms with E-state index in [0.717, 1.165) is 31.6 Å². The van der Waals surface area contributed by atoms with E-state index in [1.54, 1.807) is 37.4 Å². The van der Waals surface area contributed by atoms with Gasteiger partial charge >= 0.3 is 0 Å². The number of anilines is 3. The third-order valence-corrected chi connectivity index (χ3v) is 4.71. The molecule has 6 heteroatoms. The molecular formula is C19H22ClN3O2. The molecule has 5 nitrogen and oxygen atoms in total. The molecule has 0 radical (unpaired) electrons. The van der Waals surface area contributed by atoms with Crippen molar-refractivity contribution in [2.24, 2.45) is 0 Å². The second-order valence-corrected chi connectivity index (χ2v) is 6.53. The fourth-order valence-corrected chi connectivity index (χ4v) is 3.26. The van der Waals surface area contributed by atoms with Crippen molar-refractivity contribution in [3.05, 3.63) is 47.0 Å². The molecule has 0 saturated carbocycles. The molecule has 2 aromatic carbocycles. The maximum atomic E-state index is 12.5. The van der Waals surface area contributed by atoms with Crippen LogP contribution in [0.5, 0.6) is 5.75 Å². The van der Waals surface area contributed by atoms with E-state index in [4.69, 9.17) is 22.1 Å². The first-order valence-corrected chi connectivity index (χ1v) is 8.75. The van der Waals surface area contributed by atoms with E-state index in [1.165, 1.54) is 6.42 Å². The van der Waals surface area contributed by atoms with E-state index in [0.29, 0.717) is 27.7 Å². The number of hydrogen-bond donors (Lipinski definition) is 2. The number of hydrogen-bond acceptors (Lipinski definition) is 4. The van der Waals surface area contributed by atoms with Gasteiger partial charge in [-0.25, -0.2) is 0 Å². The van der Waals surface area contributed by atoms with Crippen LogP contribution in [0.2, 0.25) is 5.02 Å². The van der Waals surface area contributed by atoms with E-state index in [1.807, 2.05) is 6.07 Å². The lowest BCUT2D eigenvalue weighted by Crippen LogP contribution is -2.30. The van der Waals surface area contributed by atoms with Crippen molar-refractivity contribution in [2.75, 3.05) is 36.1 Å². The largest absolute Gasteiger partial charge is 0.497 e. The summed E-state index contributed by atoms with van der Waals surface area (Å²) in [7, 11) is 1.57. The second-order valence-electron chi connectivity index (χ2n) is 6.12. The Morgan fingerprint density at radius 3 is 2.68 bits per heavy atom. The number of nitrogens with two attached hydrogens (primary N) is 1. The van der Waals surface area contributed by atoms with Crippen LogP contribution >= 0.6 is 11.6 Å². The standard InChI is InChI=1S/C19H22ClN3O2/c1-25-14-7-5-6-13(10-14)19(24)22-17-12-18(16(21)11-15(17)20)23-8-3-2-4-9-23/h5-7,10-12H,2-4,8-9,21H2,1H3,(H,22,24). The number of methoxy groups -OCH3 is 1. The van der Waals surface area contributed by atoms with Gasteiger partial charge in [-0.1, -0.05) is 17.7 Å². The summed E-state index contributed by atoms with van der Waals surface area (Å²) in [4.78, 5) is 14.8. The zero-order chi connectivity index (χ0) is 17.8. The smallest absolute Gasteiger partial charge is 0.255 e. The third-order valence-electron chi connectivity index (χ3n) is 4.39. The van der Waals surface area contributed by atoms with Crippen molar-refractivity contribution in [3.63, 3.8) is 0 Å². The van der Waals surface area contributed by atoms with Crippen LogP contribution in [0.15, 0.2) is 36.4 Å². The lowest BCUT2D eigenvalue weighted by Gasteiger charge is -2.30. The number of ether oxygens (including phenoxy) is 1. The number of benzene rings is 2. The zero-order valence-corrected chi connectivity index (χ0v) is 15.0. The quantitative estimate of drug-likeness (QED) is 0.804. The Morgan fingerprint density at radius 2 is 1.96 bits per heavy atom. The fourth-order valence-electron chi connectivity index (χ4n) is 3.04. The number of nitrogens with zero attached hydrogens (tertiary/aromatic N) is 1. The summed E-state index contributed by atoms with van der Waals surface area (Å²) in [5.74, 6) is 0.389. The maximum Gasteiger partial charge on any atom is 0.255 e. The number of carbonyl (C=O) groups is 1. The molecule has 1 heterocycles. The van der Waals surface area contributed by atoms with Gasteiger partial charge in [0.05, 0.1) is 29.2 Å². The van der Waals surface area contributed by atoms with E-state index in [-0.39, 0.29) is 5.91 Å². The van der Waals surface area contributed by atoms with E-state index in [9.17, 15) is 4.79 Å². The normalized spacial score (nSPS) is 14.2. The molecule has 0 bridgehead atoms. The number of nitrogen functional groups attached to an aromatic ring is 1. The fraction of sp³-hybridized carbons (Fsp3) is 0.316. The van der Waals surface area contributed by atoms with Gasteiger partial charge in [0.1, 0.15) is 5.75 Å². The number of carbonyl (C=O) groups excluding carboxylic acids is 1. The van der Waals surface area contributed by atoms with Crippen LogP contribution in [0.25, 0.3) is 0 Å². The Hall–Kier alpha value is -2.40. The molecule has 132 valence electrons. The van der Waals surface area contributed by atoms with Gasteiger partial charge in [0, 0.05) is 18.7 Å². The SMILES string of the molecule is COc1cccc(C(=O)Nc2cc(N3CCCCC3)c(N)cc2Cl)c1. The minimum atomic E-state index is -0.241. The zero-order valence-electron chi connectivity index (χ0n) is 14.2. The van der Waals surface area contributed by atoms with Crippen molar-refractivity contribution in [3.8, 4) is 5.75 Å². The summed E-state index contributed by atoms with van der Waals surface area (Å²) >= 11 is 6.29. The van der Waals surface area contributed by atoms with Crippen molar-refractivity contribution >= 4 is 34.6 Å². The molecule has 0 aromatic heterocycles. The second kappa shape index (κ2) is 7.66. The highest BCUT2D eigenvalue weighted by molar-refractivity contribution is 6.34. The van der Waals surface area contributed by atoms with E-state index >= 15 is 0 Å². The average molecular weight is 360 g/mol. The number of amides is 1. The molecule has 3 rings (SSSR count). The molecule has 3 N–H and O–H groups in total. The van der Waals surface area contributed by atoms with Gasteiger partial charge in [-0.05, 0) is 49.6 Å². The minimum absolute atomic E-state index is 0.241. The van der Waals surface area contributed by atoms with Gasteiger partial charge in [0.15, 0.2) is 0 Å². The first-order valence-electron chi connectivity index (χ1n) is 8.38. The van der Waals surface area contributed by atoms with Crippen LogP contribution in [0.3, 0.4) is 0 Å². The predicted octanol–water partition coefficient (Wildman–Crippen LogP) is 4.17. The summed E-state index contributed by atoms with van der Waals surface area (Å²) in [5.41, 5.74) is 8.76. The van der Waals surface area contributed by atoms with Gasteiger partial charge in [0.2, 0.25) is 0 Å². The molecule has 1 amide bonds. The van der Waals surface area contributed by atoms with Gasteiger partial charge < -0.3 is 20.7 Å². The molecular weight excluding hydrogens is 338 g/mol. The predicted molar refractivity (Wildman–Crippen MR) is 103 cm³/mol. The number of piperidine rings is 1. The van der Waals surface area contributed by atoms with Crippen molar-refractivity contribution < 1.29 is 9.53 Å². The molecule has 1 fully saturated rings. The maximum absolute atomic E-state index is 12.5. The molecule has 1 aliphatic heterocycles. The minimum Gasteiger partial charge on any atom is -0.497 e. The summed E-state index contributed by atoms with van der Waals surface area (Å²) in [6, 6.07) is 10.5. The highest BCUT2D eigenvalue weighted by atomic mass is 35.5. The number of nitrogens with one attached hydrogen (secondary N) is 1. The van der Waals surface area contributed by atoms with Crippen LogP contribution in [0.1, 0.15) is 29.6 Å². The number of halogens is 1. The van der Waals surface area contributed by atoms with Gasteiger partial charge in [-0.3, -0.25) is 4.79 Å². The Labute approximate surface area is 152 Å². The van der Waals surface area contributed by atoms with Crippen LogP contribution < -0.4 is 20.7 Å². The van der Waals surface area contributed by atoms with Crippen molar-refractivity contribution in [1.82, 2.24) is 0 Å². The molecule has 1 aliphatic rings. The van der Waals surface area contributed by atoms with Crippen LogP contribution in [-0.2, 0) is 0 Å². The topological polar surface area (TPSA) is 67.6 Å². The summed E-state index contributed by atoms with van der Waals surface area (Å²) in [5, 5.41) is 3.30. The van der Waals surface area contributed by atoms with Crippen molar-refractivity contribution in [2.45, 2.75) is 19.3 Å². The van der Waals surface area contributed by atoms with Gasteiger partial charge in [-0.15, -0.1) is 0 Å². The molecule has 1 saturated heterocycles. The Kier molecular flexibility index (Phi) is 5.34. The van der Waals surface area contributed by atoms with Gasteiger partial charge in [0.25, 0.3) is 5.91 Å². The third kappa shape index (κ3) is 3.99. The van der Waals surface area contributed by atoms with E-state index < -0.39 is 0 Å². The monoisotopic (exact) mass is 359 g/mol. The first-order chi connectivity index (χ1) is 12.1.